The number of hydrogen-bond donors (Lipinski definition) is 2. The van der Waals surface area contributed by atoms with Crippen molar-refractivity contribution in [3.8, 4) is 0 Å². The molecule has 74 valence electrons. The lowest BCUT2D eigenvalue weighted by Crippen LogP contribution is -2.24. The first-order valence-corrected chi connectivity index (χ1v) is 3.12. The second kappa shape index (κ2) is 3.92. The molecule has 1 amide bonds. The lowest BCUT2D eigenvalue weighted by Gasteiger charge is -2.00. The predicted molar refractivity (Wildman–Crippen MR) is 40.6 cm³/mol. The van der Waals surface area contributed by atoms with Crippen LogP contribution in [0.4, 0.5) is 13.2 Å². The Morgan fingerprint density at radius 2 is 1.85 bits per heavy atom. The van der Waals surface area contributed by atoms with E-state index < -0.39 is 23.6 Å². The molecule has 0 aliphatic heterocycles. The summed E-state index contributed by atoms with van der Waals surface area (Å²) >= 11 is 0. The molecule has 0 aliphatic rings. The summed E-state index contributed by atoms with van der Waals surface area (Å²) in [5, 5.41) is 0. The molecule has 0 heterocycles. The maximum absolute atomic E-state index is 11.7. The van der Waals surface area contributed by atoms with E-state index >= 15 is 0 Å². The zero-order chi connectivity index (χ0) is 10.6. The first-order chi connectivity index (χ1) is 5.72. The van der Waals surface area contributed by atoms with Crippen molar-refractivity contribution in [2.24, 2.45) is 16.5 Å². The molecule has 4 N–H and O–H groups in total. The van der Waals surface area contributed by atoms with Gasteiger partial charge in [-0.25, -0.2) is 0 Å². The minimum absolute atomic E-state index is 0.165. The summed E-state index contributed by atoms with van der Waals surface area (Å²) in [5.74, 6) is -1.67. The van der Waals surface area contributed by atoms with Gasteiger partial charge in [0.15, 0.2) is 5.96 Å². The minimum atomic E-state index is -4.54. The second-order valence-corrected chi connectivity index (χ2v) is 2.21. The van der Waals surface area contributed by atoms with Crippen molar-refractivity contribution in [2.75, 3.05) is 0 Å². The van der Waals surface area contributed by atoms with Crippen LogP contribution in [0.15, 0.2) is 16.6 Å². The van der Waals surface area contributed by atoms with Gasteiger partial charge in [0.2, 0.25) is 0 Å². The van der Waals surface area contributed by atoms with Gasteiger partial charge in [-0.1, -0.05) is 0 Å². The highest BCUT2D eigenvalue weighted by atomic mass is 19.4. The number of guanidine groups is 1. The minimum Gasteiger partial charge on any atom is -0.370 e. The van der Waals surface area contributed by atoms with Crippen LogP contribution in [0.5, 0.6) is 0 Å². The van der Waals surface area contributed by atoms with Crippen LogP contribution in [0.2, 0.25) is 0 Å². The van der Waals surface area contributed by atoms with Crippen molar-refractivity contribution < 1.29 is 18.0 Å². The summed E-state index contributed by atoms with van der Waals surface area (Å²) in [4.78, 5) is 13.6. The number of nitrogens with zero attached hydrogens (tertiary/aromatic N) is 1. The Kier molecular flexibility index (Phi) is 3.46. The predicted octanol–water partition coefficient (Wildman–Crippen LogP) is 0.295. The number of alkyl halides is 3. The quantitative estimate of drug-likeness (QED) is 0.358. The zero-order valence-electron chi connectivity index (χ0n) is 6.72. The van der Waals surface area contributed by atoms with Crippen LogP contribution in [0, 0.1) is 0 Å². The van der Waals surface area contributed by atoms with E-state index in [1.807, 2.05) is 0 Å². The molecule has 0 rings (SSSR count). The molecule has 4 nitrogen and oxygen atoms in total. The molecular formula is C6H8F3N3O. The number of rotatable bonds is 1. The number of hydrogen-bond acceptors (Lipinski definition) is 1. The van der Waals surface area contributed by atoms with Gasteiger partial charge in [-0.3, -0.25) is 4.79 Å². The van der Waals surface area contributed by atoms with Gasteiger partial charge in [0, 0.05) is 11.6 Å². The van der Waals surface area contributed by atoms with Gasteiger partial charge in [-0.05, 0) is 6.92 Å². The van der Waals surface area contributed by atoms with Crippen LogP contribution in [-0.4, -0.2) is 18.0 Å². The normalized spacial score (nSPS) is 12.5. The summed E-state index contributed by atoms with van der Waals surface area (Å²) < 4.78 is 35.0. The zero-order valence-corrected chi connectivity index (χ0v) is 6.72. The molecule has 0 bridgehead atoms. The van der Waals surface area contributed by atoms with Crippen LogP contribution >= 0.6 is 0 Å². The average molecular weight is 195 g/mol. The number of nitrogens with two attached hydrogens (primary N) is 2. The molecule has 0 aromatic carbocycles. The van der Waals surface area contributed by atoms with Gasteiger partial charge in [0.1, 0.15) is 0 Å². The van der Waals surface area contributed by atoms with Crippen LogP contribution in [0.1, 0.15) is 6.92 Å². The Morgan fingerprint density at radius 3 is 2.15 bits per heavy atom. The maximum atomic E-state index is 11.7. The highest BCUT2D eigenvalue weighted by Crippen LogP contribution is 2.18. The maximum Gasteiger partial charge on any atom is 0.410 e. The number of aliphatic imine (C=N–C) groups is 1. The highest BCUT2D eigenvalue weighted by molar-refractivity contribution is 6.00. The molecule has 13 heavy (non-hydrogen) atoms. The summed E-state index contributed by atoms with van der Waals surface area (Å²) in [5.41, 5.74) is 9.02. The van der Waals surface area contributed by atoms with Gasteiger partial charge >= 0.3 is 6.18 Å². The molecule has 0 aromatic heterocycles. The first-order valence-electron chi connectivity index (χ1n) is 3.12. The second-order valence-electron chi connectivity index (χ2n) is 2.21. The van der Waals surface area contributed by atoms with Crippen LogP contribution < -0.4 is 11.5 Å². The number of carbonyl (C=O) groups is 1. The van der Waals surface area contributed by atoms with Crippen molar-refractivity contribution in [2.45, 2.75) is 13.1 Å². The largest absolute Gasteiger partial charge is 0.410 e. The molecule has 0 atom stereocenters. The van der Waals surface area contributed by atoms with E-state index in [2.05, 4.69) is 4.99 Å². The number of amides is 1. The topological polar surface area (TPSA) is 81.5 Å². The van der Waals surface area contributed by atoms with E-state index in [1.165, 1.54) is 0 Å². The Labute approximate surface area is 72.1 Å². The Bertz CT molecular complexity index is 263. The molecule has 0 saturated heterocycles. The SMILES string of the molecule is CC(=CC(F)(F)F)C(=O)N=C(N)N. The van der Waals surface area contributed by atoms with Gasteiger partial charge in [0.25, 0.3) is 5.91 Å². The Morgan fingerprint density at radius 1 is 1.38 bits per heavy atom. The Hall–Kier alpha value is -1.53. The molecule has 0 radical (unpaired) electrons. The molecule has 7 heteroatoms. The number of allylic oxidation sites excluding steroid dienone is 1. The number of carbonyl (C=O) groups excluding carboxylic acids is 1. The summed E-state index contributed by atoms with van der Waals surface area (Å²) in [7, 11) is 0. The molecule has 0 aliphatic carbocycles. The lowest BCUT2D eigenvalue weighted by atomic mass is 10.2. The standard InChI is InChI=1S/C6H8F3N3O/c1-3(2-6(7,8)9)4(13)12-5(10)11/h2H,1H3,(H4,10,11,12,13). The van der Waals surface area contributed by atoms with Crippen molar-refractivity contribution in [1.29, 1.82) is 0 Å². The van der Waals surface area contributed by atoms with Gasteiger partial charge < -0.3 is 11.5 Å². The summed E-state index contributed by atoms with van der Waals surface area (Å²) in [6, 6.07) is 0. The fourth-order valence-corrected chi connectivity index (χ4v) is 0.513. The molecule has 0 spiro atoms. The highest BCUT2D eigenvalue weighted by Gasteiger charge is 2.25. The van der Waals surface area contributed by atoms with Crippen LogP contribution in [0.3, 0.4) is 0 Å². The Balaban J connectivity index is 4.63. The summed E-state index contributed by atoms with van der Waals surface area (Å²) in [6.45, 7) is 0.974. The molecule has 0 unspecified atom stereocenters. The average Bonchev–Trinajstić information content (AvgIpc) is 1.81. The van der Waals surface area contributed by atoms with Crippen molar-refractivity contribution in [3.63, 3.8) is 0 Å². The number of halogens is 3. The monoisotopic (exact) mass is 195 g/mol. The van der Waals surface area contributed by atoms with E-state index in [9.17, 15) is 18.0 Å². The van der Waals surface area contributed by atoms with Gasteiger partial charge in [-0.2, -0.15) is 18.2 Å². The fourth-order valence-electron chi connectivity index (χ4n) is 0.513. The van der Waals surface area contributed by atoms with E-state index in [0.29, 0.717) is 0 Å². The van der Waals surface area contributed by atoms with Crippen LogP contribution in [0.25, 0.3) is 0 Å². The van der Waals surface area contributed by atoms with E-state index in [0.717, 1.165) is 6.92 Å². The van der Waals surface area contributed by atoms with E-state index in [4.69, 9.17) is 11.5 Å². The smallest absolute Gasteiger partial charge is 0.370 e. The molecular weight excluding hydrogens is 187 g/mol. The third-order valence-corrected chi connectivity index (χ3v) is 0.948. The van der Waals surface area contributed by atoms with E-state index in [1.54, 1.807) is 0 Å². The molecule has 0 fully saturated rings. The van der Waals surface area contributed by atoms with Crippen molar-refractivity contribution >= 4 is 11.9 Å². The van der Waals surface area contributed by atoms with Gasteiger partial charge in [0.05, 0.1) is 0 Å². The molecule has 0 saturated carbocycles. The van der Waals surface area contributed by atoms with Crippen molar-refractivity contribution in [3.05, 3.63) is 11.6 Å². The molecule has 0 aromatic rings. The van der Waals surface area contributed by atoms with E-state index in [-0.39, 0.29) is 6.08 Å². The fraction of sp³-hybridized carbons (Fsp3) is 0.333. The summed E-state index contributed by atoms with van der Waals surface area (Å²) in [6.07, 6.45) is -4.71. The third-order valence-electron chi connectivity index (χ3n) is 0.948. The lowest BCUT2D eigenvalue weighted by molar-refractivity contribution is -0.115. The van der Waals surface area contributed by atoms with Crippen LogP contribution in [-0.2, 0) is 4.79 Å². The van der Waals surface area contributed by atoms with Gasteiger partial charge in [-0.15, -0.1) is 0 Å². The van der Waals surface area contributed by atoms with Crippen molar-refractivity contribution in [1.82, 2.24) is 0 Å². The third kappa shape index (κ3) is 5.71. The first kappa shape index (κ1) is 11.5.